The van der Waals surface area contributed by atoms with Gasteiger partial charge in [-0.3, -0.25) is 4.79 Å². The predicted octanol–water partition coefficient (Wildman–Crippen LogP) is 2.09. The van der Waals surface area contributed by atoms with Gasteiger partial charge in [0.05, 0.1) is 6.04 Å². The molecule has 1 rings (SSSR count). The summed E-state index contributed by atoms with van der Waals surface area (Å²) in [6, 6.07) is -0.0333. The van der Waals surface area contributed by atoms with E-state index in [2.05, 4.69) is 19.2 Å². The van der Waals surface area contributed by atoms with E-state index in [1.807, 2.05) is 0 Å². The highest BCUT2D eigenvalue weighted by Gasteiger charge is 2.25. The maximum absolute atomic E-state index is 11.5. The van der Waals surface area contributed by atoms with Gasteiger partial charge in [0, 0.05) is 6.04 Å². The molecule has 1 saturated carbocycles. The average Bonchev–Trinajstić information content (AvgIpc) is 2.18. The van der Waals surface area contributed by atoms with Crippen LogP contribution in [0.5, 0.6) is 0 Å². The molecule has 0 spiro atoms. The molecule has 3 nitrogen and oxygen atoms in total. The van der Waals surface area contributed by atoms with E-state index in [1.54, 1.807) is 6.92 Å². The second-order valence-corrected chi connectivity index (χ2v) is 5.16. The van der Waals surface area contributed by atoms with Crippen LogP contribution in [0.2, 0.25) is 0 Å². The zero-order valence-corrected chi connectivity index (χ0v) is 11.3. The first-order chi connectivity index (χ1) is 7.00. The van der Waals surface area contributed by atoms with Gasteiger partial charge in [-0.15, -0.1) is 12.4 Å². The number of hydrogen-bond donors (Lipinski definition) is 2. The molecule has 96 valence electrons. The normalized spacial score (nSPS) is 27.1. The monoisotopic (exact) mass is 248 g/mol. The van der Waals surface area contributed by atoms with Gasteiger partial charge in [-0.1, -0.05) is 26.7 Å². The van der Waals surface area contributed by atoms with E-state index in [0.29, 0.717) is 6.04 Å². The van der Waals surface area contributed by atoms with Gasteiger partial charge < -0.3 is 11.1 Å². The highest BCUT2D eigenvalue weighted by Crippen LogP contribution is 2.29. The SMILES string of the molecule is CC(C)C1CCCC(NC(=O)[C@H](C)N)C1.Cl. The lowest BCUT2D eigenvalue weighted by Crippen LogP contribution is -2.45. The molecule has 0 aromatic carbocycles. The molecule has 2 unspecified atom stereocenters. The fourth-order valence-corrected chi connectivity index (χ4v) is 2.30. The van der Waals surface area contributed by atoms with Gasteiger partial charge >= 0.3 is 0 Å². The van der Waals surface area contributed by atoms with E-state index in [0.717, 1.165) is 24.7 Å². The Bertz CT molecular complexity index is 219. The number of amides is 1. The third-order valence-corrected chi connectivity index (χ3v) is 3.42. The largest absolute Gasteiger partial charge is 0.352 e. The molecule has 1 aliphatic carbocycles. The Hall–Kier alpha value is -0.280. The quantitative estimate of drug-likeness (QED) is 0.804. The average molecular weight is 249 g/mol. The van der Waals surface area contributed by atoms with Gasteiger partial charge in [0.1, 0.15) is 0 Å². The van der Waals surface area contributed by atoms with Crippen molar-refractivity contribution in [2.75, 3.05) is 0 Å². The van der Waals surface area contributed by atoms with Gasteiger partial charge in [-0.25, -0.2) is 0 Å². The van der Waals surface area contributed by atoms with E-state index in [9.17, 15) is 4.79 Å². The van der Waals surface area contributed by atoms with Crippen LogP contribution in [0.3, 0.4) is 0 Å². The highest BCUT2D eigenvalue weighted by molar-refractivity contribution is 5.85. The number of nitrogens with one attached hydrogen (secondary N) is 1. The fourth-order valence-electron chi connectivity index (χ4n) is 2.30. The van der Waals surface area contributed by atoms with Crippen molar-refractivity contribution in [3.63, 3.8) is 0 Å². The zero-order valence-electron chi connectivity index (χ0n) is 10.5. The van der Waals surface area contributed by atoms with Crippen LogP contribution in [0.1, 0.15) is 46.5 Å². The van der Waals surface area contributed by atoms with Crippen molar-refractivity contribution in [1.29, 1.82) is 0 Å². The van der Waals surface area contributed by atoms with Crippen LogP contribution >= 0.6 is 12.4 Å². The molecule has 1 amide bonds. The molecule has 0 radical (unpaired) electrons. The van der Waals surface area contributed by atoms with Crippen molar-refractivity contribution in [2.24, 2.45) is 17.6 Å². The Morgan fingerprint density at radius 1 is 1.31 bits per heavy atom. The summed E-state index contributed by atoms with van der Waals surface area (Å²) in [6.07, 6.45) is 4.77. The lowest BCUT2D eigenvalue weighted by molar-refractivity contribution is -0.123. The van der Waals surface area contributed by atoms with E-state index >= 15 is 0 Å². The van der Waals surface area contributed by atoms with Gasteiger partial charge in [-0.2, -0.15) is 0 Å². The first-order valence-electron chi connectivity index (χ1n) is 6.06. The maximum atomic E-state index is 11.5. The standard InChI is InChI=1S/C12H24N2O.ClH/c1-8(2)10-5-4-6-11(7-10)14-12(15)9(3)13;/h8-11H,4-7,13H2,1-3H3,(H,14,15);1H/t9-,10?,11?;/m0./s1. The van der Waals surface area contributed by atoms with Crippen molar-refractivity contribution >= 4 is 18.3 Å². The van der Waals surface area contributed by atoms with E-state index < -0.39 is 0 Å². The summed E-state index contributed by atoms with van der Waals surface area (Å²) >= 11 is 0. The summed E-state index contributed by atoms with van der Waals surface area (Å²) < 4.78 is 0. The lowest BCUT2D eigenvalue weighted by atomic mass is 9.79. The molecule has 1 aliphatic rings. The van der Waals surface area contributed by atoms with Crippen LogP contribution in [0.4, 0.5) is 0 Å². The molecule has 3 atom stereocenters. The Balaban J connectivity index is 0.00000225. The van der Waals surface area contributed by atoms with Crippen molar-refractivity contribution in [2.45, 2.75) is 58.5 Å². The second kappa shape index (κ2) is 7.13. The van der Waals surface area contributed by atoms with Crippen LogP contribution in [0, 0.1) is 11.8 Å². The maximum Gasteiger partial charge on any atom is 0.236 e. The van der Waals surface area contributed by atoms with Crippen LogP contribution in [-0.4, -0.2) is 18.0 Å². The van der Waals surface area contributed by atoms with Gasteiger partial charge in [0.25, 0.3) is 0 Å². The number of carbonyl (C=O) groups is 1. The molecule has 0 bridgehead atoms. The number of rotatable bonds is 3. The summed E-state index contributed by atoms with van der Waals surface area (Å²) in [4.78, 5) is 11.5. The van der Waals surface area contributed by atoms with Crippen molar-refractivity contribution in [3.05, 3.63) is 0 Å². The first kappa shape index (κ1) is 15.7. The Kier molecular flexibility index (Phi) is 7.00. The highest BCUT2D eigenvalue weighted by atomic mass is 35.5. The van der Waals surface area contributed by atoms with Crippen molar-refractivity contribution < 1.29 is 4.79 Å². The van der Waals surface area contributed by atoms with Crippen LogP contribution in [0.25, 0.3) is 0 Å². The molecule has 1 fully saturated rings. The van der Waals surface area contributed by atoms with Crippen LogP contribution < -0.4 is 11.1 Å². The van der Waals surface area contributed by atoms with Crippen LogP contribution in [0.15, 0.2) is 0 Å². The smallest absolute Gasteiger partial charge is 0.236 e. The summed E-state index contributed by atoms with van der Waals surface area (Å²) in [5.41, 5.74) is 5.54. The minimum absolute atomic E-state index is 0. The first-order valence-corrected chi connectivity index (χ1v) is 6.06. The molecular weight excluding hydrogens is 224 g/mol. The second-order valence-electron chi connectivity index (χ2n) is 5.16. The molecule has 16 heavy (non-hydrogen) atoms. The van der Waals surface area contributed by atoms with Crippen molar-refractivity contribution in [1.82, 2.24) is 5.32 Å². The minimum atomic E-state index is -0.385. The molecule has 4 heteroatoms. The Morgan fingerprint density at radius 2 is 1.94 bits per heavy atom. The molecule has 3 N–H and O–H groups in total. The molecule has 0 heterocycles. The van der Waals surface area contributed by atoms with E-state index in [-0.39, 0.29) is 24.4 Å². The van der Waals surface area contributed by atoms with Crippen LogP contribution in [-0.2, 0) is 4.79 Å². The molecule has 0 saturated heterocycles. The molecule has 0 aromatic heterocycles. The lowest BCUT2D eigenvalue weighted by Gasteiger charge is -2.32. The third kappa shape index (κ3) is 4.71. The van der Waals surface area contributed by atoms with E-state index in [1.165, 1.54) is 12.8 Å². The summed E-state index contributed by atoms with van der Waals surface area (Å²) in [5, 5.41) is 3.04. The van der Waals surface area contributed by atoms with Crippen molar-refractivity contribution in [3.8, 4) is 0 Å². The van der Waals surface area contributed by atoms with Gasteiger partial charge in [0.2, 0.25) is 5.91 Å². The summed E-state index contributed by atoms with van der Waals surface area (Å²) in [6.45, 7) is 6.26. The Morgan fingerprint density at radius 3 is 2.44 bits per heavy atom. The Labute approximate surface area is 105 Å². The summed E-state index contributed by atoms with van der Waals surface area (Å²) in [7, 11) is 0. The van der Waals surface area contributed by atoms with Gasteiger partial charge in [-0.05, 0) is 31.6 Å². The molecule has 0 aromatic rings. The number of carbonyl (C=O) groups excluding carboxylic acids is 1. The number of hydrogen-bond acceptors (Lipinski definition) is 2. The zero-order chi connectivity index (χ0) is 11.4. The van der Waals surface area contributed by atoms with Gasteiger partial charge in [0.15, 0.2) is 0 Å². The summed E-state index contributed by atoms with van der Waals surface area (Å²) in [5.74, 6) is 1.47. The topological polar surface area (TPSA) is 55.1 Å². The molecule has 0 aliphatic heterocycles. The number of nitrogens with two attached hydrogens (primary N) is 1. The predicted molar refractivity (Wildman–Crippen MR) is 69.6 cm³/mol. The fraction of sp³-hybridized carbons (Fsp3) is 0.917. The van der Waals surface area contributed by atoms with E-state index in [4.69, 9.17) is 5.73 Å². The third-order valence-electron chi connectivity index (χ3n) is 3.42. The molecular formula is C12H25ClN2O. The minimum Gasteiger partial charge on any atom is -0.352 e. The number of halogens is 1.